The van der Waals surface area contributed by atoms with Gasteiger partial charge in [-0.05, 0) is 44.9 Å². The molecule has 6 heteroatoms. The lowest BCUT2D eigenvalue weighted by Crippen LogP contribution is -2.40. The van der Waals surface area contributed by atoms with E-state index in [9.17, 15) is 4.79 Å². The Morgan fingerprint density at radius 1 is 1.64 bits per heavy atom. The number of aromatic nitrogens is 2. The van der Waals surface area contributed by atoms with Crippen LogP contribution in [0.25, 0.3) is 0 Å². The zero-order chi connectivity index (χ0) is 15.6. The molecule has 1 N–H and O–H groups in total. The van der Waals surface area contributed by atoms with Crippen molar-refractivity contribution in [2.75, 3.05) is 18.9 Å². The normalized spacial score (nSPS) is 31.5. The van der Waals surface area contributed by atoms with E-state index in [0.717, 1.165) is 25.2 Å². The largest absolute Gasteiger partial charge is 0.371 e. The van der Waals surface area contributed by atoms with Gasteiger partial charge in [0.2, 0.25) is 5.91 Å². The van der Waals surface area contributed by atoms with E-state index >= 15 is 0 Å². The van der Waals surface area contributed by atoms with Gasteiger partial charge in [0.25, 0.3) is 0 Å². The number of hydrogen-bond acceptors (Lipinski definition) is 4. The van der Waals surface area contributed by atoms with E-state index in [-0.39, 0.29) is 22.7 Å². The predicted octanol–water partition coefficient (Wildman–Crippen LogP) is 2.38. The molecule has 2 saturated heterocycles. The summed E-state index contributed by atoms with van der Waals surface area (Å²) in [6.45, 7) is 6.50. The molecule has 0 radical (unpaired) electrons. The van der Waals surface area contributed by atoms with E-state index in [1.165, 1.54) is 18.6 Å². The van der Waals surface area contributed by atoms with Gasteiger partial charge in [-0.3, -0.25) is 9.48 Å². The van der Waals surface area contributed by atoms with Gasteiger partial charge in [-0.1, -0.05) is 0 Å². The van der Waals surface area contributed by atoms with Crippen LogP contribution in [-0.4, -0.2) is 39.3 Å². The minimum absolute atomic E-state index is 0.1000. The topological polar surface area (TPSA) is 56.2 Å². The van der Waals surface area contributed by atoms with Crippen LogP contribution in [0.2, 0.25) is 0 Å². The van der Waals surface area contributed by atoms with Crippen LogP contribution in [0.15, 0.2) is 12.3 Å². The zero-order valence-corrected chi connectivity index (χ0v) is 14.2. The molecule has 1 amide bonds. The third-order valence-electron chi connectivity index (χ3n) is 4.71. The Kier molecular flexibility index (Phi) is 4.78. The fourth-order valence-electron chi connectivity index (χ4n) is 3.38. The number of carbonyl (C=O) groups is 1. The van der Waals surface area contributed by atoms with Gasteiger partial charge in [-0.25, -0.2) is 0 Å². The maximum Gasteiger partial charge on any atom is 0.226 e. The molecule has 3 rings (SSSR count). The number of carbonyl (C=O) groups excluding carboxylic acids is 1. The first-order valence-corrected chi connectivity index (χ1v) is 9.16. The zero-order valence-electron chi connectivity index (χ0n) is 13.4. The summed E-state index contributed by atoms with van der Waals surface area (Å²) in [6, 6.07) is 1.97. The second-order valence-corrected chi connectivity index (χ2v) is 8.06. The Bertz CT molecular complexity index is 525. The standard InChI is InChI=1S/C16H25N3O2S/c1-3-19-13(5-8-18-19)14-12(6-9-21-14)15(20)17-11-16(2)7-4-10-22-16/h5,8,12,14H,3-4,6-7,9-11H2,1-2H3,(H,17,20)/t12-,14-,16+/m1/s1. The first-order valence-electron chi connectivity index (χ1n) is 8.18. The Balaban J connectivity index is 1.64. The second-order valence-electron chi connectivity index (χ2n) is 6.38. The van der Waals surface area contributed by atoms with Gasteiger partial charge in [0.15, 0.2) is 0 Å². The van der Waals surface area contributed by atoms with Gasteiger partial charge < -0.3 is 10.1 Å². The molecular weight excluding hydrogens is 298 g/mol. The minimum Gasteiger partial charge on any atom is -0.371 e. The van der Waals surface area contributed by atoms with Gasteiger partial charge in [-0.15, -0.1) is 0 Å². The van der Waals surface area contributed by atoms with E-state index in [0.29, 0.717) is 6.61 Å². The first kappa shape index (κ1) is 15.9. The van der Waals surface area contributed by atoms with Crippen molar-refractivity contribution in [1.29, 1.82) is 0 Å². The predicted molar refractivity (Wildman–Crippen MR) is 87.8 cm³/mol. The van der Waals surface area contributed by atoms with Crippen LogP contribution in [0.5, 0.6) is 0 Å². The molecule has 1 aromatic rings. The molecule has 1 aromatic heterocycles. The number of aryl methyl sites for hydroxylation is 1. The van der Waals surface area contributed by atoms with Crippen molar-refractivity contribution in [2.45, 2.75) is 50.5 Å². The van der Waals surface area contributed by atoms with Crippen LogP contribution < -0.4 is 5.32 Å². The van der Waals surface area contributed by atoms with Crippen LogP contribution in [0.3, 0.4) is 0 Å². The number of nitrogens with one attached hydrogen (secondary N) is 1. The number of amides is 1. The van der Waals surface area contributed by atoms with Crippen LogP contribution in [0.1, 0.15) is 44.9 Å². The quantitative estimate of drug-likeness (QED) is 0.904. The average molecular weight is 323 g/mol. The van der Waals surface area contributed by atoms with Crippen molar-refractivity contribution in [1.82, 2.24) is 15.1 Å². The molecular formula is C16H25N3O2S. The average Bonchev–Trinajstić information content (AvgIpc) is 3.24. The van der Waals surface area contributed by atoms with Crippen molar-refractivity contribution in [3.8, 4) is 0 Å². The third kappa shape index (κ3) is 3.18. The highest BCUT2D eigenvalue weighted by Crippen LogP contribution is 2.38. The Hall–Kier alpha value is -1.01. The summed E-state index contributed by atoms with van der Waals surface area (Å²) in [4.78, 5) is 12.6. The fraction of sp³-hybridized carbons (Fsp3) is 0.750. The highest BCUT2D eigenvalue weighted by molar-refractivity contribution is 8.00. The van der Waals surface area contributed by atoms with Gasteiger partial charge in [0.1, 0.15) is 6.10 Å². The Morgan fingerprint density at radius 3 is 3.23 bits per heavy atom. The third-order valence-corrected chi connectivity index (χ3v) is 6.24. The molecule has 0 saturated carbocycles. The molecule has 0 aliphatic carbocycles. The number of hydrogen-bond donors (Lipinski definition) is 1. The lowest BCUT2D eigenvalue weighted by atomic mass is 9.97. The first-order chi connectivity index (χ1) is 10.6. The van der Waals surface area contributed by atoms with Crippen molar-refractivity contribution in [3.05, 3.63) is 18.0 Å². The van der Waals surface area contributed by atoms with Crippen LogP contribution in [-0.2, 0) is 16.1 Å². The van der Waals surface area contributed by atoms with E-state index in [1.54, 1.807) is 6.20 Å². The van der Waals surface area contributed by atoms with Crippen molar-refractivity contribution in [2.24, 2.45) is 5.92 Å². The fourth-order valence-corrected chi connectivity index (χ4v) is 4.62. The molecule has 2 fully saturated rings. The maximum absolute atomic E-state index is 12.6. The summed E-state index contributed by atoms with van der Waals surface area (Å²) in [6.07, 6.45) is 4.85. The lowest BCUT2D eigenvalue weighted by Gasteiger charge is -2.25. The van der Waals surface area contributed by atoms with Gasteiger partial charge in [0, 0.05) is 30.6 Å². The van der Waals surface area contributed by atoms with E-state index < -0.39 is 0 Å². The van der Waals surface area contributed by atoms with Crippen LogP contribution in [0, 0.1) is 5.92 Å². The van der Waals surface area contributed by atoms with E-state index in [2.05, 4.69) is 24.3 Å². The number of ether oxygens (including phenoxy) is 1. The van der Waals surface area contributed by atoms with Crippen molar-refractivity contribution in [3.63, 3.8) is 0 Å². The summed E-state index contributed by atoms with van der Waals surface area (Å²) in [7, 11) is 0. The Morgan fingerprint density at radius 2 is 2.50 bits per heavy atom. The molecule has 2 aliphatic heterocycles. The summed E-state index contributed by atoms with van der Waals surface area (Å²) < 4.78 is 7.97. The molecule has 122 valence electrons. The number of nitrogens with zero attached hydrogens (tertiary/aromatic N) is 2. The van der Waals surface area contributed by atoms with E-state index in [1.807, 2.05) is 22.5 Å². The van der Waals surface area contributed by atoms with Gasteiger partial charge in [-0.2, -0.15) is 16.9 Å². The van der Waals surface area contributed by atoms with Gasteiger partial charge >= 0.3 is 0 Å². The monoisotopic (exact) mass is 323 g/mol. The smallest absolute Gasteiger partial charge is 0.226 e. The molecule has 5 nitrogen and oxygen atoms in total. The molecule has 3 atom stereocenters. The molecule has 0 unspecified atom stereocenters. The summed E-state index contributed by atoms with van der Waals surface area (Å²) in [5.74, 6) is 1.23. The van der Waals surface area contributed by atoms with Crippen molar-refractivity contribution >= 4 is 17.7 Å². The molecule has 0 aromatic carbocycles. The summed E-state index contributed by atoms with van der Waals surface area (Å²) in [5, 5.41) is 7.46. The molecule has 22 heavy (non-hydrogen) atoms. The maximum atomic E-state index is 12.6. The van der Waals surface area contributed by atoms with Gasteiger partial charge in [0.05, 0.1) is 11.6 Å². The Labute approximate surface area is 136 Å². The summed E-state index contributed by atoms with van der Waals surface area (Å²) in [5.41, 5.74) is 1.02. The lowest BCUT2D eigenvalue weighted by molar-refractivity contribution is -0.127. The number of rotatable bonds is 5. The molecule has 3 heterocycles. The highest BCUT2D eigenvalue weighted by Gasteiger charge is 2.38. The molecule has 0 bridgehead atoms. The molecule has 0 spiro atoms. The van der Waals surface area contributed by atoms with E-state index in [4.69, 9.17) is 4.74 Å². The molecule has 2 aliphatic rings. The van der Waals surface area contributed by atoms with Crippen LogP contribution >= 0.6 is 11.8 Å². The minimum atomic E-state index is -0.161. The van der Waals surface area contributed by atoms with Crippen LogP contribution in [0.4, 0.5) is 0 Å². The number of thioether (sulfide) groups is 1. The second kappa shape index (κ2) is 6.62. The highest BCUT2D eigenvalue weighted by atomic mass is 32.2. The summed E-state index contributed by atoms with van der Waals surface area (Å²) >= 11 is 1.97. The SMILES string of the molecule is CCn1nccc1[C@@H]1OCC[C@H]1C(=O)NC[C@]1(C)CCCS1. The van der Waals surface area contributed by atoms with Crippen molar-refractivity contribution < 1.29 is 9.53 Å².